The third-order valence-corrected chi connectivity index (χ3v) is 5.56. The van der Waals surface area contributed by atoms with Crippen LogP contribution in [0.4, 0.5) is 0 Å². The number of phenols is 2. The van der Waals surface area contributed by atoms with Crippen molar-refractivity contribution in [2.24, 2.45) is 0 Å². The molecular weight excluding hydrogens is 355 g/mol. The zero-order chi connectivity index (χ0) is 18.4. The Morgan fingerprint density at radius 1 is 0.800 bits per heavy atom. The van der Waals surface area contributed by atoms with Crippen LogP contribution in [-0.2, 0) is 5.41 Å². The van der Waals surface area contributed by atoms with Crippen molar-refractivity contribution in [3.05, 3.63) is 57.6 Å². The Morgan fingerprint density at radius 3 is 1.72 bits per heavy atom. The van der Waals surface area contributed by atoms with Crippen molar-refractivity contribution in [1.82, 2.24) is 0 Å². The van der Waals surface area contributed by atoms with E-state index in [2.05, 4.69) is 13.8 Å². The van der Waals surface area contributed by atoms with Crippen LogP contribution in [-0.4, -0.2) is 10.2 Å². The number of unbranched alkanes of at least 4 members (excludes halogenated alkanes) is 4. The van der Waals surface area contributed by atoms with E-state index in [-0.39, 0.29) is 16.9 Å². The first-order valence-corrected chi connectivity index (χ1v) is 9.62. The molecule has 0 saturated heterocycles. The predicted molar refractivity (Wildman–Crippen MR) is 106 cm³/mol. The summed E-state index contributed by atoms with van der Waals surface area (Å²) in [6, 6.07) is 10.7. The van der Waals surface area contributed by atoms with E-state index in [1.54, 1.807) is 12.1 Å². The van der Waals surface area contributed by atoms with E-state index in [9.17, 15) is 10.2 Å². The van der Waals surface area contributed by atoms with Crippen molar-refractivity contribution in [2.45, 2.75) is 57.8 Å². The molecule has 0 aliphatic heterocycles. The number of rotatable bonds is 8. The van der Waals surface area contributed by atoms with Gasteiger partial charge in [-0.1, -0.05) is 81.3 Å². The normalized spacial score (nSPS) is 11.7. The fourth-order valence-corrected chi connectivity index (χ4v) is 3.60. The molecule has 0 amide bonds. The van der Waals surface area contributed by atoms with E-state index in [0.29, 0.717) is 10.0 Å². The SMILES string of the molecule is CCCCCCCC(C)(c1ccc(O)c(Cl)c1)c1ccc(O)c(Cl)c1. The minimum Gasteiger partial charge on any atom is -0.506 e. The van der Waals surface area contributed by atoms with Crippen LogP contribution in [0.1, 0.15) is 63.5 Å². The van der Waals surface area contributed by atoms with E-state index in [4.69, 9.17) is 23.2 Å². The highest BCUT2D eigenvalue weighted by molar-refractivity contribution is 6.32. The molecule has 0 radical (unpaired) electrons. The Kier molecular flexibility index (Phi) is 7.04. The van der Waals surface area contributed by atoms with Crippen LogP contribution in [0, 0.1) is 0 Å². The average molecular weight is 381 g/mol. The number of aromatic hydroxyl groups is 2. The van der Waals surface area contributed by atoms with Crippen LogP contribution in [0.15, 0.2) is 36.4 Å². The highest BCUT2D eigenvalue weighted by Crippen LogP contribution is 2.41. The van der Waals surface area contributed by atoms with Gasteiger partial charge in [-0.15, -0.1) is 0 Å². The van der Waals surface area contributed by atoms with Gasteiger partial charge in [0.15, 0.2) is 0 Å². The first-order valence-electron chi connectivity index (χ1n) is 8.86. The lowest BCUT2D eigenvalue weighted by Gasteiger charge is -2.32. The summed E-state index contributed by atoms with van der Waals surface area (Å²) in [6.07, 6.45) is 6.93. The maximum Gasteiger partial charge on any atom is 0.134 e. The molecule has 2 aromatic carbocycles. The minimum atomic E-state index is -0.291. The van der Waals surface area contributed by atoms with Crippen molar-refractivity contribution in [2.75, 3.05) is 0 Å². The summed E-state index contributed by atoms with van der Waals surface area (Å²) in [5.74, 6) is 0.166. The van der Waals surface area contributed by atoms with Gasteiger partial charge in [0.05, 0.1) is 10.0 Å². The van der Waals surface area contributed by atoms with E-state index in [1.807, 2.05) is 24.3 Å². The molecule has 0 aliphatic rings. The van der Waals surface area contributed by atoms with Crippen molar-refractivity contribution >= 4 is 23.2 Å². The molecular formula is C21H26Cl2O2. The summed E-state index contributed by atoms with van der Waals surface area (Å²) in [7, 11) is 0. The second-order valence-corrected chi connectivity index (χ2v) is 7.64. The largest absolute Gasteiger partial charge is 0.506 e. The maximum absolute atomic E-state index is 9.75. The number of phenolic OH excluding ortho intramolecular Hbond substituents is 2. The third kappa shape index (κ3) is 4.83. The van der Waals surface area contributed by atoms with Gasteiger partial charge in [0.2, 0.25) is 0 Å². The van der Waals surface area contributed by atoms with Crippen LogP contribution in [0.2, 0.25) is 10.0 Å². The first-order chi connectivity index (χ1) is 11.9. The van der Waals surface area contributed by atoms with Gasteiger partial charge in [-0.3, -0.25) is 0 Å². The zero-order valence-corrected chi connectivity index (χ0v) is 16.4. The summed E-state index contributed by atoms with van der Waals surface area (Å²) in [5, 5.41) is 20.2. The molecule has 136 valence electrons. The highest BCUT2D eigenvalue weighted by Gasteiger charge is 2.29. The Hall–Kier alpha value is -1.38. The maximum atomic E-state index is 9.75. The molecule has 0 bridgehead atoms. The summed E-state index contributed by atoms with van der Waals surface area (Å²) >= 11 is 12.3. The van der Waals surface area contributed by atoms with Gasteiger partial charge in [-0.05, 0) is 41.8 Å². The Balaban J connectivity index is 2.35. The van der Waals surface area contributed by atoms with Crippen LogP contribution in [0.3, 0.4) is 0 Å². The van der Waals surface area contributed by atoms with Crippen molar-refractivity contribution in [3.8, 4) is 11.5 Å². The second-order valence-electron chi connectivity index (χ2n) is 6.83. The lowest BCUT2D eigenvalue weighted by Crippen LogP contribution is -2.23. The molecule has 0 spiro atoms. The molecule has 0 heterocycles. The van der Waals surface area contributed by atoms with E-state index < -0.39 is 0 Å². The Bertz CT molecular complexity index is 662. The first kappa shape index (κ1) is 19.9. The molecule has 0 unspecified atom stereocenters. The lowest BCUT2D eigenvalue weighted by atomic mass is 9.72. The monoisotopic (exact) mass is 380 g/mol. The van der Waals surface area contributed by atoms with Gasteiger partial charge < -0.3 is 10.2 Å². The van der Waals surface area contributed by atoms with Gasteiger partial charge >= 0.3 is 0 Å². The molecule has 2 rings (SSSR count). The molecule has 0 saturated carbocycles. The summed E-state index contributed by atoms with van der Waals surface area (Å²) < 4.78 is 0. The average Bonchev–Trinajstić information content (AvgIpc) is 2.59. The molecule has 2 nitrogen and oxygen atoms in total. The molecule has 0 aromatic heterocycles. The summed E-state index contributed by atoms with van der Waals surface area (Å²) in [4.78, 5) is 0. The van der Waals surface area contributed by atoms with Crippen molar-refractivity contribution in [3.63, 3.8) is 0 Å². The highest BCUT2D eigenvalue weighted by atomic mass is 35.5. The van der Waals surface area contributed by atoms with Gasteiger partial charge in [-0.2, -0.15) is 0 Å². The van der Waals surface area contributed by atoms with Gasteiger partial charge in [0.25, 0.3) is 0 Å². The molecule has 4 heteroatoms. The smallest absolute Gasteiger partial charge is 0.134 e. The Labute approximate surface area is 160 Å². The van der Waals surface area contributed by atoms with E-state index in [1.165, 1.54) is 25.7 Å². The molecule has 0 fully saturated rings. The molecule has 2 aromatic rings. The molecule has 2 N–H and O–H groups in total. The topological polar surface area (TPSA) is 40.5 Å². The number of hydrogen-bond acceptors (Lipinski definition) is 2. The van der Waals surface area contributed by atoms with Crippen LogP contribution in [0.5, 0.6) is 11.5 Å². The Morgan fingerprint density at radius 2 is 1.28 bits per heavy atom. The zero-order valence-electron chi connectivity index (χ0n) is 14.9. The van der Waals surface area contributed by atoms with E-state index in [0.717, 1.165) is 24.0 Å². The van der Waals surface area contributed by atoms with Crippen LogP contribution >= 0.6 is 23.2 Å². The number of hydrogen-bond donors (Lipinski definition) is 2. The third-order valence-electron chi connectivity index (χ3n) is 4.95. The van der Waals surface area contributed by atoms with Crippen molar-refractivity contribution in [1.29, 1.82) is 0 Å². The fourth-order valence-electron chi connectivity index (χ4n) is 3.24. The van der Waals surface area contributed by atoms with Crippen LogP contribution < -0.4 is 0 Å². The van der Waals surface area contributed by atoms with Gasteiger partial charge in [0.1, 0.15) is 11.5 Å². The van der Waals surface area contributed by atoms with Gasteiger partial charge in [-0.25, -0.2) is 0 Å². The fraction of sp³-hybridized carbons (Fsp3) is 0.429. The molecule has 25 heavy (non-hydrogen) atoms. The molecule has 0 atom stereocenters. The van der Waals surface area contributed by atoms with Crippen molar-refractivity contribution < 1.29 is 10.2 Å². The molecule has 0 aliphatic carbocycles. The van der Waals surface area contributed by atoms with Crippen LogP contribution in [0.25, 0.3) is 0 Å². The summed E-state index contributed by atoms with van der Waals surface area (Å²) in [5.41, 5.74) is 1.78. The number of halogens is 2. The van der Waals surface area contributed by atoms with Gasteiger partial charge in [0, 0.05) is 5.41 Å². The number of benzene rings is 2. The second kappa shape index (κ2) is 8.82. The summed E-state index contributed by atoms with van der Waals surface area (Å²) in [6.45, 7) is 4.37. The lowest BCUT2D eigenvalue weighted by molar-refractivity contribution is 0.461. The predicted octanol–water partition coefficient (Wildman–Crippen LogP) is 7.07. The standard InChI is InChI=1S/C21H26Cl2O2/c1-3-4-5-6-7-12-21(2,15-8-10-19(24)17(22)13-15)16-9-11-20(25)18(23)14-16/h8-11,13-14,24-25H,3-7,12H2,1-2H3. The van der Waals surface area contributed by atoms with E-state index >= 15 is 0 Å². The minimum absolute atomic E-state index is 0.0828. The quantitative estimate of drug-likeness (QED) is 0.480.